The number of hydrogen-bond donors (Lipinski definition) is 1. The molecule has 1 saturated heterocycles. The Kier molecular flexibility index (Phi) is 6.74. The van der Waals surface area contributed by atoms with Gasteiger partial charge in [0.25, 0.3) is 0 Å². The van der Waals surface area contributed by atoms with Crippen molar-refractivity contribution in [1.29, 1.82) is 0 Å². The second kappa shape index (κ2) is 9.24. The first-order valence-corrected chi connectivity index (χ1v) is 10.3. The lowest BCUT2D eigenvalue weighted by Gasteiger charge is -2.39. The summed E-state index contributed by atoms with van der Waals surface area (Å²) in [6, 6.07) is 16.8. The Morgan fingerprint density at radius 3 is 2.32 bits per heavy atom. The molecule has 28 heavy (non-hydrogen) atoms. The predicted octanol–water partition coefficient (Wildman–Crippen LogP) is 3.73. The smallest absolute Gasteiger partial charge is 0.237 e. The van der Waals surface area contributed by atoms with E-state index >= 15 is 0 Å². The number of nitrogens with zero attached hydrogens (tertiary/aromatic N) is 2. The first-order valence-electron chi connectivity index (χ1n) is 10.3. The molecule has 0 aromatic heterocycles. The van der Waals surface area contributed by atoms with Gasteiger partial charge in [-0.2, -0.15) is 0 Å². The molecular formula is C24H33N3O. The van der Waals surface area contributed by atoms with Crippen molar-refractivity contribution in [3.05, 3.63) is 65.2 Å². The summed E-state index contributed by atoms with van der Waals surface area (Å²) in [4.78, 5) is 17.4. The number of nitrogens with one attached hydrogen (secondary N) is 1. The van der Waals surface area contributed by atoms with Crippen LogP contribution in [0, 0.1) is 13.8 Å². The van der Waals surface area contributed by atoms with Crippen LogP contribution in [0.3, 0.4) is 0 Å². The van der Waals surface area contributed by atoms with E-state index in [4.69, 9.17) is 0 Å². The molecule has 0 saturated carbocycles. The molecule has 0 spiro atoms. The zero-order valence-electron chi connectivity index (χ0n) is 17.6. The van der Waals surface area contributed by atoms with E-state index in [2.05, 4.69) is 66.2 Å². The molecule has 1 fully saturated rings. The Morgan fingerprint density at radius 2 is 1.64 bits per heavy atom. The van der Waals surface area contributed by atoms with Crippen molar-refractivity contribution in [2.75, 3.05) is 37.6 Å². The predicted molar refractivity (Wildman–Crippen MR) is 117 cm³/mol. The fourth-order valence-electron chi connectivity index (χ4n) is 3.89. The third kappa shape index (κ3) is 4.74. The number of amides is 1. The first-order chi connectivity index (χ1) is 13.5. The molecule has 3 rings (SSSR count). The van der Waals surface area contributed by atoms with Crippen LogP contribution in [0.4, 0.5) is 5.69 Å². The maximum absolute atomic E-state index is 12.7. The van der Waals surface area contributed by atoms with Gasteiger partial charge in [0.15, 0.2) is 0 Å². The van der Waals surface area contributed by atoms with Crippen molar-refractivity contribution in [1.82, 2.24) is 10.2 Å². The molecule has 150 valence electrons. The lowest BCUT2D eigenvalue weighted by atomic mass is 10.0. The molecule has 4 nitrogen and oxygen atoms in total. The number of aryl methyl sites for hydroxylation is 1. The third-order valence-corrected chi connectivity index (χ3v) is 6.11. The van der Waals surface area contributed by atoms with Crippen molar-refractivity contribution >= 4 is 11.6 Å². The van der Waals surface area contributed by atoms with Gasteiger partial charge in [-0.3, -0.25) is 9.69 Å². The van der Waals surface area contributed by atoms with Gasteiger partial charge < -0.3 is 10.2 Å². The fraction of sp³-hybridized carbons (Fsp3) is 0.458. The van der Waals surface area contributed by atoms with Crippen LogP contribution in [0.2, 0.25) is 0 Å². The molecule has 1 aliphatic rings. The number of piperazine rings is 1. The molecule has 0 bridgehead atoms. The standard InChI is InChI=1S/C24H33N3O/c1-18-9-8-12-23(20(18)3)27-15-13-26(14-16-27)21(4)24(28)25-17-19(2)22-10-6-5-7-11-22/h5-12,19,21H,13-17H2,1-4H3,(H,25,28). The van der Waals surface area contributed by atoms with Crippen LogP contribution in [0.15, 0.2) is 48.5 Å². The Morgan fingerprint density at radius 1 is 0.964 bits per heavy atom. The average Bonchev–Trinajstić information content (AvgIpc) is 2.74. The molecule has 1 amide bonds. The molecule has 0 aliphatic carbocycles. The van der Waals surface area contributed by atoms with Crippen molar-refractivity contribution in [2.24, 2.45) is 0 Å². The summed E-state index contributed by atoms with van der Waals surface area (Å²) in [6.45, 7) is 13.0. The van der Waals surface area contributed by atoms with Crippen LogP contribution in [0.25, 0.3) is 0 Å². The van der Waals surface area contributed by atoms with Crippen LogP contribution < -0.4 is 10.2 Å². The summed E-state index contributed by atoms with van der Waals surface area (Å²) < 4.78 is 0. The van der Waals surface area contributed by atoms with Crippen molar-refractivity contribution in [3.63, 3.8) is 0 Å². The second-order valence-electron chi connectivity index (χ2n) is 7.97. The van der Waals surface area contributed by atoms with Gasteiger partial charge in [-0.1, -0.05) is 49.4 Å². The minimum absolute atomic E-state index is 0.0938. The van der Waals surface area contributed by atoms with E-state index in [1.165, 1.54) is 22.4 Å². The van der Waals surface area contributed by atoms with Gasteiger partial charge in [-0.15, -0.1) is 0 Å². The third-order valence-electron chi connectivity index (χ3n) is 6.11. The monoisotopic (exact) mass is 379 g/mol. The van der Waals surface area contributed by atoms with Gasteiger partial charge in [-0.05, 0) is 49.4 Å². The molecule has 2 atom stereocenters. The zero-order valence-corrected chi connectivity index (χ0v) is 17.6. The highest BCUT2D eigenvalue weighted by molar-refractivity contribution is 5.81. The van der Waals surface area contributed by atoms with Gasteiger partial charge in [0.2, 0.25) is 5.91 Å². The highest BCUT2D eigenvalue weighted by atomic mass is 16.2. The summed E-state index contributed by atoms with van der Waals surface area (Å²) in [5.41, 5.74) is 5.28. The fourth-order valence-corrected chi connectivity index (χ4v) is 3.89. The molecular weight excluding hydrogens is 346 g/mol. The largest absolute Gasteiger partial charge is 0.369 e. The maximum Gasteiger partial charge on any atom is 0.237 e. The molecule has 2 aromatic rings. The Bertz CT molecular complexity index is 782. The summed E-state index contributed by atoms with van der Waals surface area (Å²) in [5.74, 6) is 0.446. The number of anilines is 1. The molecule has 2 unspecified atom stereocenters. The summed E-state index contributed by atoms with van der Waals surface area (Å²) in [7, 11) is 0. The first kappa shape index (κ1) is 20.4. The number of carbonyl (C=O) groups excluding carboxylic acids is 1. The van der Waals surface area contributed by atoms with Gasteiger partial charge in [-0.25, -0.2) is 0 Å². The molecule has 0 radical (unpaired) electrons. The van der Waals surface area contributed by atoms with Crippen molar-refractivity contribution in [2.45, 2.75) is 39.7 Å². The van der Waals surface area contributed by atoms with Crippen molar-refractivity contribution in [3.8, 4) is 0 Å². The highest BCUT2D eigenvalue weighted by Crippen LogP contribution is 2.24. The van der Waals surface area contributed by atoms with E-state index in [9.17, 15) is 4.79 Å². The lowest BCUT2D eigenvalue weighted by Crippen LogP contribution is -2.54. The minimum atomic E-state index is -0.0938. The molecule has 1 aliphatic heterocycles. The van der Waals surface area contributed by atoms with E-state index in [0.29, 0.717) is 12.5 Å². The summed E-state index contributed by atoms with van der Waals surface area (Å²) >= 11 is 0. The van der Waals surface area contributed by atoms with Crippen LogP contribution in [-0.4, -0.2) is 49.6 Å². The SMILES string of the molecule is Cc1cccc(N2CCN(C(C)C(=O)NCC(C)c3ccccc3)CC2)c1C. The normalized spacial score (nSPS) is 17.2. The number of rotatable bonds is 6. The maximum atomic E-state index is 12.7. The minimum Gasteiger partial charge on any atom is -0.369 e. The number of carbonyl (C=O) groups is 1. The molecule has 2 aromatic carbocycles. The summed E-state index contributed by atoms with van der Waals surface area (Å²) in [6.07, 6.45) is 0. The van der Waals surface area contributed by atoms with Gasteiger partial charge in [0.1, 0.15) is 0 Å². The average molecular weight is 380 g/mol. The van der Waals surface area contributed by atoms with Gasteiger partial charge >= 0.3 is 0 Å². The van der Waals surface area contributed by atoms with Crippen LogP contribution in [-0.2, 0) is 4.79 Å². The molecule has 4 heteroatoms. The Balaban J connectivity index is 1.49. The zero-order chi connectivity index (χ0) is 20.1. The van der Waals surface area contributed by atoms with E-state index < -0.39 is 0 Å². The highest BCUT2D eigenvalue weighted by Gasteiger charge is 2.26. The number of hydrogen-bond acceptors (Lipinski definition) is 3. The lowest BCUT2D eigenvalue weighted by molar-refractivity contribution is -0.126. The quantitative estimate of drug-likeness (QED) is 0.831. The van der Waals surface area contributed by atoms with Gasteiger partial charge in [0.05, 0.1) is 6.04 Å². The molecule has 1 N–H and O–H groups in total. The van der Waals surface area contributed by atoms with E-state index in [1.807, 2.05) is 25.1 Å². The van der Waals surface area contributed by atoms with E-state index in [0.717, 1.165) is 26.2 Å². The Hall–Kier alpha value is -2.33. The molecule has 1 heterocycles. The van der Waals surface area contributed by atoms with Gasteiger partial charge in [0, 0.05) is 38.4 Å². The van der Waals surface area contributed by atoms with Crippen LogP contribution in [0.1, 0.15) is 36.5 Å². The van der Waals surface area contributed by atoms with Crippen LogP contribution in [0.5, 0.6) is 0 Å². The van der Waals surface area contributed by atoms with Crippen molar-refractivity contribution < 1.29 is 4.79 Å². The van der Waals surface area contributed by atoms with Crippen LogP contribution >= 0.6 is 0 Å². The number of benzene rings is 2. The Labute approximate surface area is 169 Å². The van der Waals surface area contributed by atoms with E-state index in [1.54, 1.807) is 0 Å². The topological polar surface area (TPSA) is 35.6 Å². The van der Waals surface area contributed by atoms with E-state index in [-0.39, 0.29) is 11.9 Å². The second-order valence-corrected chi connectivity index (χ2v) is 7.97. The summed E-state index contributed by atoms with van der Waals surface area (Å²) in [5, 5.41) is 3.14.